The van der Waals surface area contributed by atoms with E-state index in [1.165, 1.54) is 11.0 Å². The summed E-state index contributed by atoms with van der Waals surface area (Å²) in [5, 5.41) is 11.7. The van der Waals surface area contributed by atoms with E-state index in [2.05, 4.69) is 22.4 Å². The van der Waals surface area contributed by atoms with Crippen molar-refractivity contribution < 1.29 is 9.18 Å². The Labute approximate surface area is 140 Å². The number of tetrazole rings is 1. The molecule has 1 atom stereocenters. The first-order chi connectivity index (χ1) is 11.6. The van der Waals surface area contributed by atoms with Gasteiger partial charge in [0.05, 0.1) is 18.3 Å². The summed E-state index contributed by atoms with van der Waals surface area (Å²) in [7, 11) is 1.87. The van der Waals surface area contributed by atoms with Crippen LogP contribution in [0.15, 0.2) is 24.3 Å². The number of anilines is 1. The van der Waals surface area contributed by atoms with Gasteiger partial charge in [-0.1, -0.05) is 19.1 Å². The molecule has 1 aromatic carbocycles. The van der Waals surface area contributed by atoms with Gasteiger partial charge in [-0.2, -0.15) is 0 Å². The summed E-state index contributed by atoms with van der Waals surface area (Å²) in [4.78, 5) is 16.1. The van der Waals surface area contributed by atoms with Crippen LogP contribution in [0.2, 0.25) is 0 Å². The normalized spacial score (nSPS) is 17.9. The van der Waals surface area contributed by atoms with Crippen molar-refractivity contribution in [1.82, 2.24) is 25.1 Å². The van der Waals surface area contributed by atoms with Crippen molar-refractivity contribution in [2.24, 2.45) is 0 Å². The molecular weight excluding hydrogens is 311 g/mol. The lowest BCUT2D eigenvalue weighted by molar-refractivity contribution is -0.121. The molecule has 1 fully saturated rings. The Morgan fingerprint density at radius 2 is 2.17 bits per heavy atom. The number of carbonyl (C=O) groups is 1. The number of aromatic nitrogens is 4. The molecule has 1 aliphatic heterocycles. The number of halogens is 1. The predicted molar refractivity (Wildman–Crippen MR) is 86.7 cm³/mol. The van der Waals surface area contributed by atoms with E-state index in [4.69, 9.17) is 0 Å². The fraction of sp³-hybridized carbons (Fsp3) is 0.500. The second-order valence-corrected chi connectivity index (χ2v) is 5.98. The lowest BCUT2D eigenvalue weighted by Crippen LogP contribution is -2.40. The number of hydrogen-bond acceptors (Lipinski definition) is 5. The Morgan fingerprint density at radius 3 is 2.92 bits per heavy atom. The van der Waals surface area contributed by atoms with Gasteiger partial charge in [-0.05, 0) is 42.4 Å². The third kappa shape index (κ3) is 3.14. The van der Waals surface area contributed by atoms with Crippen molar-refractivity contribution in [2.45, 2.75) is 38.9 Å². The molecule has 1 saturated heterocycles. The second-order valence-electron chi connectivity index (χ2n) is 5.98. The van der Waals surface area contributed by atoms with E-state index < -0.39 is 0 Å². The average molecular weight is 332 g/mol. The minimum Gasteiger partial charge on any atom is -0.308 e. The molecule has 1 aliphatic rings. The van der Waals surface area contributed by atoms with Crippen molar-refractivity contribution >= 4 is 11.6 Å². The molecule has 7 nitrogen and oxygen atoms in total. The Balaban J connectivity index is 1.71. The van der Waals surface area contributed by atoms with E-state index in [0.717, 1.165) is 18.8 Å². The zero-order chi connectivity index (χ0) is 17.1. The molecule has 128 valence electrons. The lowest BCUT2D eigenvalue weighted by atomic mass is 10.2. The van der Waals surface area contributed by atoms with Gasteiger partial charge in [-0.15, -0.1) is 5.10 Å². The molecule has 1 aromatic heterocycles. The second kappa shape index (κ2) is 7.04. The molecule has 0 saturated carbocycles. The van der Waals surface area contributed by atoms with Crippen LogP contribution in [0.4, 0.5) is 10.1 Å². The molecule has 0 spiro atoms. The highest BCUT2D eigenvalue weighted by atomic mass is 19.1. The number of nitrogens with zero attached hydrogens (tertiary/aromatic N) is 6. The summed E-state index contributed by atoms with van der Waals surface area (Å²) >= 11 is 0. The van der Waals surface area contributed by atoms with Gasteiger partial charge in [-0.3, -0.25) is 9.69 Å². The summed E-state index contributed by atoms with van der Waals surface area (Å²) in [6, 6.07) is 6.07. The summed E-state index contributed by atoms with van der Waals surface area (Å²) < 4.78 is 15.7. The number of carbonyl (C=O) groups excluding carboxylic acids is 1. The van der Waals surface area contributed by atoms with Crippen LogP contribution in [0.3, 0.4) is 0 Å². The predicted octanol–water partition coefficient (Wildman–Crippen LogP) is 1.46. The SMILES string of the molecule is CCCn1nnnc1CN(C)[C@H]1CCN(c2ccccc2F)C1=O. The highest BCUT2D eigenvalue weighted by Crippen LogP contribution is 2.26. The van der Waals surface area contributed by atoms with E-state index in [1.807, 2.05) is 11.9 Å². The fourth-order valence-corrected chi connectivity index (χ4v) is 3.04. The van der Waals surface area contributed by atoms with E-state index in [0.29, 0.717) is 25.2 Å². The van der Waals surface area contributed by atoms with Crippen LogP contribution in [0.5, 0.6) is 0 Å². The molecule has 2 heterocycles. The monoisotopic (exact) mass is 332 g/mol. The van der Waals surface area contributed by atoms with Crippen molar-refractivity contribution in [1.29, 1.82) is 0 Å². The number of para-hydroxylation sites is 1. The first-order valence-corrected chi connectivity index (χ1v) is 8.13. The minimum atomic E-state index is -0.374. The Bertz CT molecular complexity index is 718. The van der Waals surface area contributed by atoms with Crippen molar-refractivity contribution in [2.75, 3.05) is 18.5 Å². The molecule has 3 rings (SSSR count). The molecule has 0 unspecified atom stereocenters. The Kier molecular flexibility index (Phi) is 4.84. The largest absolute Gasteiger partial charge is 0.308 e. The highest BCUT2D eigenvalue weighted by Gasteiger charge is 2.36. The summed E-state index contributed by atoms with van der Waals surface area (Å²) in [5.41, 5.74) is 0.342. The van der Waals surface area contributed by atoms with Crippen LogP contribution < -0.4 is 4.90 Å². The molecule has 0 N–H and O–H groups in total. The zero-order valence-electron chi connectivity index (χ0n) is 13.9. The summed E-state index contributed by atoms with van der Waals surface area (Å²) in [5.74, 6) is 0.273. The van der Waals surface area contributed by atoms with Crippen molar-refractivity contribution in [3.63, 3.8) is 0 Å². The standard InChI is InChI=1S/C16H21FN6O/c1-3-9-23-15(18-19-20-23)11-21(2)14-8-10-22(16(14)24)13-7-5-4-6-12(13)17/h4-7,14H,3,8-11H2,1-2H3/t14-/m0/s1. The highest BCUT2D eigenvalue weighted by molar-refractivity contribution is 5.99. The molecular formula is C16H21FN6O. The van der Waals surface area contributed by atoms with Gasteiger partial charge in [0.2, 0.25) is 5.91 Å². The Hall–Kier alpha value is -2.35. The van der Waals surface area contributed by atoms with Crippen LogP contribution >= 0.6 is 0 Å². The Morgan fingerprint density at radius 1 is 1.38 bits per heavy atom. The molecule has 24 heavy (non-hydrogen) atoms. The summed E-state index contributed by atoms with van der Waals surface area (Å²) in [6.07, 6.45) is 1.59. The van der Waals surface area contributed by atoms with Crippen molar-refractivity contribution in [3.8, 4) is 0 Å². The van der Waals surface area contributed by atoms with Gasteiger partial charge in [0.25, 0.3) is 0 Å². The first-order valence-electron chi connectivity index (χ1n) is 8.13. The van der Waals surface area contributed by atoms with Crippen LogP contribution in [0, 0.1) is 5.82 Å². The van der Waals surface area contributed by atoms with Crippen LogP contribution in [-0.4, -0.2) is 50.6 Å². The maximum Gasteiger partial charge on any atom is 0.244 e. The molecule has 0 bridgehead atoms. The first kappa shape index (κ1) is 16.5. The van der Waals surface area contributed by atoms with Gasteiger partial charge >= 0.3 is 0 Å². The van der Waals surface area contributed by atoms with E-state index in [1.54, 1.807) is 22.9 Å². The number of likely N-dealkylation sites (N-methyl/N-ethyl adjacent to an activating group) is 1. The van der Waals surface area contributed by atoms with Crippen molar-refractivity contribution in [3.05, 3.63) is 35.9 Å². The summed E-state index contributed by atoms with van der Waals surface area (Å²) in [6.45, 7) is 3.79. The average Bonchev–Trinajstić information content (AvgIpc) is 3.15. The molecule has 1 amide bonds. The van der Waals surface area contributed by atoms with Gasteiger partial charge in [0.15, 0.2) is 5.82 Å². The maximum absolute atomic E-state index is 13.9. The fourth-order valence-electron chi connectivity index (χ4n) is 3.04. The van der Waals surface area contributed by atoms with E-state index in [-0.39, 0.29) is 17.8 Å². The number of rotatable bonds is 6. The topological polar surface area (TPSA) is 67.2 Å². The molecule has 0 aliphatic carbocycles. The number of aryl methyl sites for hydroxylation is 1. The zero-order valence-corrected chi connectivity index (χ0v) is 13.9. The molecule has 2 aromatic rings. The van der Waals surface area contributed by atoms with Gasteiger partial charge in [0, 0.05) is 13.1 Å². The molecule has 0 radical (unpaired) electrons. The lowest BCUT2D eigenvalue weighted by Gasteiger charge is -2.23. The van der Waals surface area contributed by atoms with E-state index in [9.17, 15) is 9.18 Å². The van der Waals surface area contributed by atoms with Crippen LogP contribution in [-0.2, 0) is 17.9 Å². The maximum atomic E-state index is 13.9. The minimum absolute atomic E-state index is 0.0860. The van der Waals surface area contributed by atoms with Gasteiger partial charge in [-0.25, -0.2) is 9.07 Å². The quantitative estimate of drug-likeness (QED) is 0.801. The van der Waals surface area contributed by atoms with Crippen LogP contribution in [0.1, 0.15) is 25.6 Å². The molecule has 8 heteroatoms. The number of hydrogen-bond donors (Lipinski definition) is 0. The van der Waals surface area contributed by atoms with E-state index >= 15 is 0 Å². The van der Waals surface area contributed by atoms with Gasteiger partial charge < -0.3 is 4.90 Å². The smallest absolute Gasteiger partial charge is 0.244 e. The third-order valence-corrected chi connectivity index (χ3v) is 4.28. The third-order valence-electron chi connectivity index (χ3n) is 4.28. The van der Waals surface area contributed by atoms with Gasteiger partial charge in [0.1, 0.15) is 5.82 Å². The number of amides is 1. The van der Waals surface area contributed by atoms with Crippen LogP contribution in [0.25, 0.3) is 0 Å². The number of benzene rings is 1.